The fraction of sp³-hybridized carbons (Fsp3) is 0.308. The molecule has 32 heavy (non-hydrogen) atoms. The van der Waals surface area contributed by atoms with Crippen LogP contribution in [0.4, 0.5) is 0 Å². The molecule has 0 N–H and O–H groups in total. The van der Waals surface area contributed by atoms with Crippen LogP contribution in [-0.2, 0) is 20.7 Å². The molecular formula is C26H29NO5. The highest BCUT2D eigenvalue weighted by molar-refractivity contribution is 5.91. The molecule has 0 atom stereocenters. The number of ether oxygens (including phenoxy) is 3. The molecule has 3 aromatic rings. The Balaban J connectivity index is 1.63. The second-order valence-corrected chi connectivity index (χ2v) is 7.17. The summed E-state index contributed by atoms with van der Waals surface area (Å²) in [5.41, 5.74) is 3.67. The molecule has 0 aliphatic carbocycles. The van der Waals surface area contributed by atoms with Gasteiger partial charge in [-0.1, -0.05) is 24.3 Å². The molecule has 0 radical (unpaired) electrons. The molecule has 168 valence electrons. The van der Waals surface area contributed by atoms with Gasteiger partial charge in [-0.15, -0.1) is 0 Å². The van der Waals surface area contributed by atoms with Crippen molar-refractivity contribution in [3.05, 3.63) is 76.9 Å². The number of carbonyl (C=O) groups is 1. The summed E-state index contributed by atoms with van der Waals surface area (Å²) >= 11 is 0. The van der Waals surface area contributed by atoms with Gasteiger partial charge in [-0.2, -0.15) is 0 Å². The molecule has 0 bridgehead atoms. The third kappa shape index (κ3) is 6.00. The zero-order valence-corrected chi connectivity index (χ0v) is 19.0. The molecule has 6 heteroatoms. The average molecular weight is 436 g/mol. The number of benzene rings is 2. The SMILES string of the molecule is CCOC(=O)C(=Cc1ccc(OCCc2nc(-c3ccccc3)oc2C)cc1C)OCC. The van der Waals surface area contributed by atoms with Crippen LogP contribution >= 0.6 is 0 Å². The van der Waals surface area contributed by atoms with E-state index in [0.29, 0.717) is 32.1 Å². The summed E-state index contributed by atoms with van der Waals surface area (Å²) < 4.78 is 22.2. The lowest BCUT2D eigenvalue weighted by atomic mass is 10.1. The fourth-order valence-corrected chi connectivity index (χ4v) is 3.19. The van der Waals surface area contributed by atoms with Crippen LogP contribution in [0.2, 0.25) is 0 Å². The Bertz CT molecular complexity index is 1070. The van der Waals surface area contributed by atoms with Crippen molar-refractivity contribution in [2.24, 2.45) is 0 Å². The lowest BCUT2D eigenvalue weighted by Gasteiger charge is -2.10. The number of aromatic nitrogens is 1. The summed E-state index contributed by atoms with van der Waals surface area (Å²) in [7, 11) is 0. The molecule has 0 unspecified atom stereocenters. The van der Waals surface area contributed by atoms with Gasteiger partial charge in [0.25, 0.3) is 0 Å². The number of carbonyl (C=O) groups excluding carboxylic acids is 1. The minimum atomic E-state index is -0.466. The van der Waals surface area contributed by atoms with Crippen molar-refractivity contribution in [1.82, 2.24) is 4.98 Å². The third-order valence-electron chi connectivity index (χ3n) is 4.83. The van der Waals surface area contributed by atoms with Gasteiger partial charge in [-0.05, 0) is 69.2 Å². The van der Waals surface area contributed by atoms with Crippen LogP contribution in [0.1, 0.15) is 36.4 Å². The van der Waals surface area contributed by atoms with E-state index in [-0.39, 0.29) is 5.76 Å². The smallest absolute Gasteiger partial charge is 0.373 e. The van der Waals surface area contributed by atoms with Crippen molar-refractivity contribution in [1.29, 1.82) is 0 Å². The maximum Gasteiger partial charge on any atom is 0.373 e. The summed E-state index contributed by atoms with van der Waals surface area (Å²) in [4.78, 5) is 16.7. The van der Waals surface area contributed by atoms with Crippen molar-refractivity contribution in [2.75, 3.05) is 19.8 Å². The molecule has 3 rings (SSSR count). The number of oxazole rings is 1. The van der Waals surface area contributed by atoms with Crippen LogP contribution in [-0.4, -0.2) is 30.8 Å². The van der Waals surface area contributed by atoms with Gasteiger partial charge in [-0.3, -0.25) is 0 Å². The Hall–Kier alpha value is -3.54. The molecule has 0 aliphatic rings. The second-order valence-electron chi connectivity index (χ2n) is 7.17. The first-order chi connectivity index (χ1) is 15.5. The summed E-state index contributed by atoms with van der Waals surface area (Å²) in [6.45, 7) is 8.63. The van der Waals surface area contributed by atoms with E-state index in [4.69, 9.17) is 18.6 Å². The Morgan fingerprint density at radius 3 is 2.47 bits per heavy atom. The average Bonchev–Trinajstić information content (AvgIpc) is 3.16. The highest BCUT2D eigenvalue weighted by Crippen LogP contribution is 2.23. The first-order valence-electron chi connectivity index (χ1n) is 10.8. The molecule has 0 spiro atoms. The van der Waals surface area contributed by atoms with Gasteiger partial charge in [-0.25, -0.2) is 9.78 Å². The van der Waals surface area contributed by atoms with Crippen molar-refractivity contribution < 1.29 is 23.4 Å². The van der Waals surface area contributed by atoms with Gasteiger partial charge in [0.05, 0.1) is 25.5 Å². The van der Waals surface area contributed by atoms with Crippen LogP contribution in [0.3, 0.4) is 0 Å². The lowest BCUT2D eigenvalue weighted by molar-refractivity contribution is -0.142. The molecule has 1 heterocycles. The summed E-state index contributed by atoms with van der Waals surface area (Å²) in [6.07, 6.45) is 2.34. The van der Waals surface area contributed by atoms with E-state index in [2.05, 4.69) is 4.98 Å². The summed E-state index contributed by atoms with van der Waals surface area (Å²) in [5, 5.41) is 0. The molecule has 0 amide bonds. The monoisotopic (exact) mass is 435 g/mol. The Morgan fingerprint density at radius 1 is 1.03 bits per heavy atom. The zero-order chi connectivity index (χ0) is 22.9. The molecule has 0 fully saturated rings. The number of esters is 1. The molecule has 1 aromatic heterocycles. The van der Waals surface area contributed by atoms with Gasteiger partial charge in [0.15, 0.2) is 0 Å². The van der Waals surface area contributed by atoms with Crippen molar-refractivity contribution in [3.8, 4) is 17.2 Å². The predicted molar refractivity (Wildman–Crippen MR) is 123 cm³/mol. The van der Waals surface area contributed by atoms with E-state index >= 15 is 0 Å². The Labute approximate surface area is 188 Å². The Kier molecular flexibility index (Phi) is 8.08. The van der Waals surface area contributed by atoms with Gasteiger partial charge in [0.1, 0.15) is 11.5 Å². The van der Waals surface area contributed by atoms with Crippen molar-refractivity contribution in [2.45, 2.75) is 34.1 Å². The van der Waals surface area contributed by atoms with E-state index in [9.17, 15) is 4.79 Å². The van der Waals surface area contributed by atoms with Gasteiger partial charge >= 0.3 is 5.97 Å². The van der Waals surface area contributed by atoms with Crippen LogP contribution < -0.4 is 4.74 Å². The lowest BCUT2D eigenvalue weighted by Crippen LogP contribution is -2.10. The molecule has 0 saturated heterocycles. The van der Waals surface area contributed by atoms with Gasteiger partial charge < -0.3 is 18.6 Å². The van der Waals surface area contributed by atoms with E-state index in [0.717, 1.165) is 33.9 Å². The largest absolute Gasteiger partial charge is 0.493 e. The number of aryl methyl sites for hydroxylation is 2. The number of nitrogens with zero attached hydrogens (tertiary/aromatic N) is 1. The number of rotatable bonds is 10. The highest BCUT2D eigenvalue weighted by atomic mass is 16.6. The van der Waals surface area contributed by atoms with Crippen molar-refractivity contribution in [3.63, 3.8) is 0 Å². The summed E-state index contributed by atoms with van der Waals surface area (Å²) in [6, 6.07) is 15.5. The van der Waals surface area contributed by atoms with Crippen LogP contribution in [0.25, 0.3) is 17.5 Å². The third-order valence-corrected chi connectivity index (χ3v) is 4.83. The standard InChI is InChI=1S/C26H29NO5/c1-5-29-24(26(28)30-6-2)17-21-12-13-22(16-18(21)3)31-15-14-23-19(4)32-25(27-23)20-10-8-7-9-11-20/h7-13,16-17H,5-6,14-15H2,1-4H3. The normalized spacial score (nSPS) is 11.3. The number of hydrogen-bond acceptors (Lipinski definition) is 6. The molecule has 0 aliphatic heterocycles. The van der Waals surface area contributed by atoms with Crippen LogP contribution in [0.5, 0.6) is 5.75 Å². The van der Waals surface area contributed by atoms with E-state index in [1.165, 1.54) is 0 Å². The second kappa shape index (κ2) is 11.2. The quantitative estimate of drug-likeness (QED) is 0.237. The van der Waals surface area contributed by atoms with E-state index < -0.39 is 5.97 Å². The van der Waals surface area contributed by atoms with Gasteiger partial charge in [0.2, 0.25) is 11.6 Å². The zero-order valence-electron chi connectivity index (χ0n) is 19.0. The van der Waals surface area contributed by atoms with E-state index in [1.54, 1.807) is 13.0 Å². The highest BCUT2D eigenvalue weighted by Gasteiger charge is 2.13. The van der Waals surface area contributed by atoms with Gasteiger partial charge in [0, 0.05) is 12.0 Å². The molecule has 2 aromatic carbocycles. The predicted octanol–water partition coefficient (Wildman–Crippen LogP) is 5.52. The van der Waals surface area contributed by atoms with E-state index in [1.807, 2.05) is 69.3 Å². The topological polar surface area (TPSA) is 70.8 Å². The Morgan fingerprint density at radius 2 is 1.78 bits per heavy atom. The molecular weight excluding hydrogens is 406 g/mol. The van der Waals surface area contributed by atoms with Crippen molar-refractivity contribution >= 4 is 12.0 Å². The first-order valence-corrected chi connectivity index (χ1v) is 10.8. The molecule has 0 saturated carbocycles. The van der Waals surface area contributed by atoms with Crippen LogP contribution in [0.15, 0.2) is 58.7 Å². The minimum absolute atomic E-state index is 0.196. The first kappa shape index (κ1) is 23.1. The maximum absolute atomic E-state index is 12.1. The number of hydrogen-bond donors (Lipinski definition) is 0. The molecule has 6 nitrogen and oxygen atoms in total. The maximum atomic E-state index is 12.1. The fourth-order valence-electron chi connectivity index (χ4n) is 3.19. The van der Waals surface area contributed by atoms with Crippen LogP contribution in [0, 0.1) is 13.8 Å². The summed E-state index contributed by atoms with van der Waals surface area (Å²) in [5.74, 6) is 1.90. The minimum Gasteiger partial charge on any atom is -0.493 e.